The number of halogens is 1. The molecule has 6 heteroatoms. The summed E-state index contributed by atoms with van der Waals surface area (Å²) in [7, 11) is 0. The Morgan fingerprint density at radius 2 is 1.65 bits per heavy atom. The molecule has 0 saturated heterocycles. The van der Waals surface area contributed by atoms with Gasteiger partial charge in [-0.15, -0.1) is 0 Å². The average molecular weight is 326 g/mol. The van der Waals surface area contributed by atoms with Gasteiger partial charge < -0.3 is 0 Å². The predicted octanol–water partition coefficient (Wildman–Crippen LogP) is 4.44. The minimum Gasteiger partial charge on any atom is -0.259 e. The van der Waals surface area contributed by atoms with Crippen molar-refractivity contribution in [1.29, 1.82) is 0 Å². The molecular weight excluding hydrogens is 314 g/mol. The van der Waals surface area contributed by atoms with Gasteiger partial charge in [-0.05, 0) is 12.1 Å². The van der Waals surface area contributed by atoms with Gasteiger partial charge in [-0.3, -0.25) is 10.1 Å². The molecule has 0 amide bonds. The number of para-hydroxylation sites is 1. The van der Waals surface area contributed by atoms with E-state index in [1.54, 1.807) is 4.68 Å². The summed E-state index contributed by atoms with van der Waals surface area (Å²) in [5, 5.41) is 15.5. The van der Waals surface area contributed by atoms with Gasteiger partial charge in [-0.25, -0.2) is 4.68 Å². The average Bonchev–Trinajstić information content (AvgIpc) is 2.91. The molecule has 1 aromatic heterocycles. The molecule has 23 heavy (non-hydrogen) atoms. The maximum atomic E-state index is 10.7. The van der Waals surface area contributed by atoms with E-state index in [9.17, 15) is 10.1 Å². The van der Waals surface area contributed by atoms with Crippen LogP contribution < -0.4 is 0 Å². The van der Waals surface area contributed by atoms with Crippen LogP contribution in [0.2, 0.25) is 5.15 Å². The van der Waals surface area contributed by atoms with Crippen molar-refractivity contribution in [3.63, 3.8) is 0 Å². The minimum atomic E-state index is -0.523. The molecule has 3 aromatic rings. The first kappa shape index (κ1) is 15.0. The van der Waals surface area contributed by atoms with E-state index in [2.05, 4.69) is 5.10 Å². The molecule has 1 heterocycles. The highest BCUT2D eigenvalue weighted by Gasteiger charge is 2.17. The van der Waals surface area contributed by atoms with Crippen molar-refractivity contribution in [3.8, 4) is 16.9 Å². The van der Waals surface area contributed by atoms with Gasteiger partial charge in [0.05, 0.1) is 10.6 Å². The predicted molar refractivity (Wildman–Crippen MR) is 90.0 cm³/mol. The highest BCUT2D eigenvalue weighted by atomic mass is 35.5. The van der Waals surface area contributed by atoms with Gasteiger partial charge >= 0.3 is 0 Å². The van der Waals surface area contributed by atoms with E-state index < -0.39 is 4.92 Å². The number of hydrogen-bond donors (Lipinski definition) is 0. The minimum absolute atomic E-state index is 0.327. The smallest absolute Gasteiger partial charge is 0.235 e. The molecule has 0 aliphatic rings. The van der Waals surface area contributed by atoms with Crippen molar-refractivity contribution < 1.29 is 4.92 Å². The quantitative estimate of drug-likeness (QED) is 0.526. The summed E-state index contributed by atoms with van der Waals surface area (Å²) < 4.78 is 1.57. The lowest BCUT2D eigenvalue weighted by molar-refractivity contribution is -0.400. The highest BCUT2D eigenvalue weighted by molar-refractivity contribution is 6.31. The van der Waals surface area contributed by atoms with E-state index in [1.807, 2.05) is 60.7 Å². The summed E-state index contributed by atoms with van der Waals surface area (Å²) in [4.78, 5) is 10.1. The first-order valence-corrected chi connectivity index (χ1v) is 7.25. The van der Waals surface area contributed by atoms with E-state index in [1.165, 1.54) is 6.08 Å². The summed E-state index contributed by atoms with van der Waals surface area (Å²) in [6, 6.07) is 18.8. The Morgan fingerprint density at radius 3 is 2.26 bits per heavy atom. The SMILES string of the molecule is O=[N+]([O-])/C=C/c1c(-c2ccccc2)nn(-c2ccccc2)c1Cl. The molecule has 3 rings (SSSR count). The van der Waals surface area contributed by atoms with Crippen LogP contribution in [0, 0.1) is 10.1 Å². The molecule has 0 aliphatic heterocycles. The van der Waals surface area contributed by atoms with Crippen LogP contribution in [0.4, 0.5) is 0 Å². The Labute approximate surface area is 137 Å². The first-order valence-electron chi connectivity index (χ1n) is 6.88. The lowest BCUT2D eigenvalue weighted by atomic mass is 10.1. The second-order valence-corrected chi connectivity index (χ2v) is 5.13. The zero-order chi connectivity index (χ0) is 16.2. The molecule has 5 nitrogen and oxygen atoms in total. The van der Waals surface area contributed by atoms with Crippen LogP contribution in [0.15, 0.2) is 66.9 Å². The molecular formula is C17H12ClN3O2. The molecule has 0 atom stereocenters. The number of benzene rings is 2. The fourth-order valence-corrected chi connectivity index (χ4v) is 2.53. The van der Waals surface area contributed by atoms with Crippen LogP contribution in [0.5, 0.6) is 0 Å². The van der Waals surface area contributed by atoms with Crippen molar-refractivity contribution in [3.05, 3.63) is 87.7 Å². The van der Waals surface area contributed by atoms with Gasteiger partial charge in [0.1, 0.15) is 10.8 Å². The number of aromatic nitrogens is 2. The maximum Gasteiger partial charge on any atom is 0.235 e. The first-order chi connectivity index (χ1) is 11.2. The third-order valence-electron chi connectivity index (χ3n) is 3.27. The summed E-state index contributed by atoms with van der Waals surface area (Å²) in [5.41, 5.74) is 2.73. The van der Waals surface area contributed by atoms with Crippen molar-refractivity contribution >= 4 is 17.7 Å². The molecule has 0 spiro atoms. The van der Waals surface area contributed by atoms with Crippen LogP contribution in [0.1, 0.15) is 5.56 Å². The Morgan fingerprint density at radius 1 is 1.04 bits per heavy atom. The Balaban J connectivity index is 2.20. The van der Waals surface area contributed by atoms with Crippen molar-refractivity contribution in [1.82, 2.24) is 9.78 Å². The molecule has 0 radical (unpaired) electrons. The molecule has 0 unspecified atom stereocenters. The zero-order valence-corrected chi connectivity index (χ0v) is 12.7. The summed E-state index contributed by atoms with van der Waals surface area (Å²) >= 11 is 6.42. The van der Waals surface area contributed by atoms with E-state index in [4.69, 9.17) is 11.6 Å². The molecule has 0 saturated carbocycles. The fraction of sp³-hybridized carbons (Fsp3) is 0. The summed E-state index contributed by atoms with van der Waals surface area (Å²) in [6.45, 7) is 0. The third kappa shape index (κ3) is 3.14. The van der Waals surface area contributed by atoms with Crippen molar-refractivity contribution in [2.45, 2.75) is 0 Å². The van der Waals surface area contributed by atoms with E-state index >= 15 is 0 Å². The van der Waals surface area contributed by atoms with Crippen molar-refractivity contribution in [2.75, 3.05) is 0 Å². The molecule has 0 bridgehead atoms. The number of nitro groups is 1. The van der Waals surface area contributed by atoms with Gasteiger partial charge in [-0.2, -0.15) is 5.10 Å². The van der Waals surface area contributed by atoms with Crippen LogP contribution in [0.3, 0.4) is 0 Å². The lowest BCUT2D eigenvalue weighted by Crippen LogP contribution is -1.96. The standard InChI is InChI=1S/C17H12ClN3O2/c18-17-15(11-12-20(22)23)16(13-7-3-1-4-8-13)19-21(17)14-9-5-2-6-10-14/h1-12H/b12-11+. The summed E-state index contributed by atoms with van der Waals surface area (Å²) in [6.07, 6.45) is 2.24. The van der Waals surface area contributed by atoms with Gasteiger partial charge in [0.2, 0.25) is 6.20 Å². The Bertz CT molecular complexity index is 858. The topological polar surface area (TPSA) is 61.0 Å². The largest absolute Gasteiger partial charge is 0.259 e. The number of nitrogens with zero attached hydrogens (tertiary/aromatic N) is 3. The van der Waals surface area contributed by atoms with E-state index in [0.29, 0.717) is 16.4 Å². The van der Waals surface area contributed by atoms with Crippen LogP contribution >= 0.6 is 11.6 Å². The highest BCUT2D eigenvalue weighted by Crippen LogP contribution is 2.31. The van der Waals surface area contributed by atoms with Gasteiger partial charge in [0.25, 0.3) is 0 Å². The molecule has 2 aromatic carbocycles. The van der Waals surface area contributed by atoms with Gasteiger partial charge in [0.15, 0.2) is 0 Å². The maximum absolute atomic E-state index is 10.7. The number of rotatable bonds is 4. The summed E-state index contributed by atoms with van der Waals surface area (Å²) in [5.74, 6) is 0. The second kappa shape index (κ2) is 6.46. The lowest BCUT2D eigenvalue weighted by Gasteiger charge is -2.01. The van der Waals surface area contributed by atoms with E-state index in [0.717, 1.165) is 17.5 Å². The second-order valence-electron chi connectivity index (χ2n) is 4.77. The molecule has 0 aliphatic carbocycles. The van der Waals surface area contributed by atoms with Crippen LogP contribution in [-0.4, -0.2) is 14.7 Å². The normalized spacial score (nSPS) is 11.0. The molecule has 114 valence electrons. The molecule has 0 N–H and O–H groups in total. The van der Waals surface area contributed by atoms with Crippen LogP contribution in [0.25, 0.3) is 23.0 Å². The molecule has 0 fully saturated rings. The zero-order valence-electron chi connectivity index (χ0n) is 12.0. The van der Waals surface area contributed by atoms with Gasteiger partial charge in [0, 0.05) is 17.2 Å². The number of hydrogen-bond acceptors (Lipinski definition) is 3. The van der Waals surface area contributed by atoms with Crippen LogP contribution in [-0.2, 0) is 0 Å². The van der Waals surface area contributed by atoms with Crippen molar-refractivity contribution in [2.24, 2.45) is 0 Å². The fourth-order valence-electron chi connectivity index (χ4n) is 2.24. The Hall–Kier alpha value is -2.92. The monoisotopic (exact) mass is 325 g/mol. The third-order valence-corrected chi connectivity index (χ3v) is 3.64. The van der Waals surface area contributed by atoms with Gasteiger partial charge in [-0.1, -0.05) is 60.1 Å². The van der Waals surface area contributed by atoms with E-state index in [-0.39, 0.29) is 0 Å². The Kier molecular flexibility index (Phi) is 4.21.